The minimum atomic E-state index is -1.32. The molecule has 2 aliphatic rings. The molecule has 1 unspecified atom stereocenters. The lowest BCUT2D eigenvalue weighted by molar-refractivity contribution is -0.123. The number of carbonyl (C=O) groups excluding carboxylic acids is 1. The third kappa shape index (κ3) is 4.87. The number of pyridine rings is 1. The first-order valence-electron chi connectivity index (χ1n) is 12.2. The van der Waals surface area contributed by atoms with Crippen LogP contribution in [0.5, 0.6) is 0 Å². The summed E-state index contributed by atoms with van der Waals surface area (Å²) in [4.78, 5) is 17.2. The number of halogens is 2. The molecular formula is C27H26BClFN7O. The molecule has 2 radical (unpaired) electrons. The molecule has 2 heterocycles. The fraction of sp³-hybridized carbons (Fsp3) is 0.296. The zero-order valence-electron chi connectivity index (χ0n) is 21.2. The number of carbonyl (C=O) groups is 1. The van der Waals surface area contributed by atoms with Gasteiger partial charge in [0.2, 0.25) is 5.91 Å². The molecule has 2 aromatic carbocycles. The molecule has 0 saturated heterocycles. The van der Waals surface area contributed by atoms with Crippen molar-refractivity contribution in [2.45, 2.75) is 45.1 Å². The number of benzene rings is 2. The van der Waals surface area contributed by atoms with Gasteiger partial charge in [-0.1, -0.05) is 44.5 Å². The van der Waals surface area contributed by atoms with E-state index >= 15 is 0 Å². The zero-order chi connectivity index (χ0) is 27.2. The summed E-state index contributed by atoms with van der Waals surface area (Å²) in [6.07, 6.45) is 5.41. The van der Waals surface area contributed by atoms with Gasteiger partial charge in [-0.25, -0.2) is 4.39 Å². The second kappa shape index (κ2) is 9.50. The second-order valence-electron chi connectivity index (χ2n) is 10.6. The molecule has 4 N–H and O–H groups in total. The van der Waals surface area contributed by atoms with Gasteiger partial charge in [0.15, 0.2) is 0 Å². The van der Waals surface area contributed by atoms with Crippen LogP contribution in [0.3, 0.4) is 0 Å². The van der Waals surface area contributed by atoms with Crippen molar-refractivity contribution in [2.24, 2.45) is 5.41 Å². The lowest BCUT2D eigenvalue weighted by atomic mass is 9.69. The molecule has 0 spiro atoms. The molecule has 5 rings (SSSR count). The number of aromatic nitrogens is 1. The molecule has 1 aromatic heterocycles. The lowest BCUT2D eigenvalue weighted by Gasteiger charge is -2.34. The number of nitrogens with one attached hydrogen (secondary N) is 4. The predicted octanol–water partition coefficient (Wildman–Crippen LogP) is 4.65. The van der Waals surface area contributed by atoms with Crippen molar-refractivity contribution < 1.29 is 9.18 Å². The van der Waals surface area contributed by atoms with Crippen LogP contribution in [0.1, 0.15) is 44.7 Å². The smallest absolute Gasteiger partial charge is 0.229 e. The number of anilines is 2. The minimum absolute atomic E-state index is 0.199. The summed E-state index contributed by atoms with van der Waals surface area (Å²) in [6.45, 7) is 5.35. The van der Waals surface area contributed by atoms with Crippen molar-refractivity contribution in [1.29, 1.82) is 5.26 Å². The average Bonchev–Trinajstić information content (AvgIpc) is 3.59. The Bertz CT molecular complexity index is 1490. The van der Waals surface area contributed by atoms with Gasteiger partial charge in [0.1, 0.15) is 19.7 Å². The Labute approximate surface area is 226 Å². The Morgan fingerprint density at radius 1 is 1.26 bits per heavy atom. The van der Waals surface area contributed by atoms with E-state index < -0.39 is 10.9 Å². The van der Waals surface area contributed by atoms with Crippen molar-refractivity contribution >= 4 is 47.6 Å². The number of hydrazine groups is 2. The molecule has 1 atom stereocenters. The number of rotatable bonds is 6. The maximum absolute atomic E-state index is 13.8. The lowest BCUT2D eigenvalue weighted by Crippen LogP contribution is -2.45. The quantitative estimate of drug-likeness (QED) is 0.345. The van der Waals surface area contributed by atoms with E-state index in [1.165, 1.54) is 18.3 Å². The summed E-state index contributed by atoms with van der Waals surface area (Å²) in [5, 5.41) is 18.7. The van der Waals surface area contributed by atoms with Gasteiger partial charge in [-0.15, -0.1) is 5.53 Å². The first-order chi connectivity index (χ1) is 18.0. The fourth-order valence-electron chi connectivity index (χ4n) is 4.17. The Morgan fingerprint density at radius 2 is 1.97 bits per heavy atom. The number of hydrogen-bond donors (Lipinski definition) is 4. The van der Waals surface area contributed by atoms with Crippen LogP contribution in [0, 0.1) is 22.6 Å². The van der Waals surface area contributed by atoms with E-state index in [9.17, 15) is 14.4 Å². The summed E-state index contributed by atoms with van der Waals surface area (Å²) >= 11 is 6.65. The molecule has 3 aromatic rings. The van der Waals surface area contributed by atoms with Gasteiger partial charge in [0.25, 0.3) is 0 Å². The molecule has 1 aliphatic heterocycles. The number of nitriles is 1. The highest BCUT2D eigenvalue weighted by molar-refractivity contribution is 6.36. The molecule has 1 aliphatic carbocycles. The van der Waals surface area contributed by atoms with E-state index in [2.05, 4.69) is 32.6 Å². The van der Waals surface area contributed by atoms with Crippen molar-refractivity contribution in [1.82, 2.24) is 21.0 Å². The van der Waals surface area contributed by atoms with Crippen LogP contribution >= 0.6 is 11.6 Å². The van der Waals surface area contributed by atoms with Gasteiger partial charge >= 0.3 is 0 Å². The maximum Gasteiger partial charge on any atom is 0.229 e. The van der Waals surface area contributed by atoms with Gasteiger partial charge in [-0.05, 0) is 42.7 Å². The molecule has 1 saturated carbocycles. The second-order valence-corrected chi connectivity index (χ2v) is 11.0. The van der Waals surface area contributed by atoms with E-state index in [-0.39, 0.29) is 17.3 Å². The summed E-state index contributed by atoms with van der Waals surface area (Å²) in [5.74, 6) is -0.646. The van der Waals surface area contributed by atoms with Gasteiger partial charge in [-0.2, -0.15) is 5.26 Å². The van der Waals surface area contributed by atoms with E-state index in [4.69, 9.17) is 19.4 Å². The first kappa shape index (κ1) is 25.8. The first-order valence-corrected chi connectivity index (χ1v) is 12.6. The molecule has 0 bridgehead atoms. The van der Waals surface area contributed by atoms with Crippen LogP contribution in [-0.2, 0) is 10.2 Å². The van der Waals surface area contributed by atoms with E-state index in [1.807, 2.05) is 11.2 Å². The van der Waals surface area contributed by atoms with Crippen molar-refractivity contribution in [3.63, 3.8) is 0 Å². The Hall–Kier alpha value is -3.81. The Kier molecular flexibility index (Phi) is 6.45. The van der Waals surface area contributed by atoms with Crippen LogP contribution in [0.4, 0.5) is 15.8 Å². The minimum Gasteiger partial charge on any atom is -0.378 e. The number of nitrogens with zero attached hydrogens (tertiary/aromatic N) is 3. The highest BCUT2D eigenvalue weighted by Crippen LogP contribution is 2.38. The number of hydrogen-bond acceptors (Lipinski definition) is 7. The molecule has 8 nitrogen and oxygen atoms in total. The van der Waals surface area contributed by atoms with Gasteiger partial charge < -0.3 is 16.1 Å². The highest BCUT2D eigenvalue weighted by atomic mass is 35.5. The Balaban J connectivity index is 1.62. The third-order valence-corrected chi connectivity index (χ3v) is 6.85. The van der Waals surface area contributed by atoms with Crippen LogP contribution < -0.4 is 21.6 Å². The third-order valence-electron chi connectivity index (χ3n) is 6.56. The molecular weight excluding hydrogens is 504 g/mol. The maximum atomic E-state index is 13.8. The summed E-state index contributed by atoms with van der Waals surface area (Å²) in [7, 11) is 7.00. The number of amides is 1. The van der Waals surface area contributed by atoms with Gasteiger partial charge in [0, 0.05) is 34.9 Å². The summed E-state index contributed by atoms with van der Waals surface area (Å²) < 4.78 is 13.8. The standard InChI is InChI=1S/C27H26BClFN7O/c1-26(2,3)25(38)33-23-15(12-31)13-32-24-20(23)10-18(11-21(24)29)34-27(28,16-4-6-17(30)7-5-16)22-14-37(36-35-22)19-8-9-19/h4-7,10-11,13-14,19,34-36H,8-9H2,1-3H3,(H,32,33,38). The van der Waals surface area contributed by atoms with Crippen LogP contribution in [0.2, 0.25) is 5.02 Å². The molecule has 11 heteroatoms. The molecule has 1 fully saturated rings. The SMILES string of the molecule is [B]C(Nc1cc(Cl)c2ncc(C#N)c(NC(=O)C(C)(C)C)c2c1)(C1=CN(C2CC2)NN1)c1ccc(F)cc1. The van der Waals surface area contributed by atoms with Gasteiger partial charge in [-0.3, -0.25) is 14.8 Å². The van der Waals surface area contributed by atoms with Crippen molar-refractivity contribution in [3.05, 3.63) is 76.5 Å². The molecule has 192 valence electrons. The van der Waals surface area contributed by atoms with Crippen LogP contribution in [-0.4, -0.2) is 29.8 Å². The topological polar surface area (TPSA) is 105 Å². The normalized spacial score (nSPS) is 16.8. The number of fused-ring (bicyclic) bond motifs is 1. The van der Waals surface area contributed by atoms with Crippen LogP contribution in [0.15, 0.2) is 54.5 Å². The summed E-state index contributed by atoms with van der Waals surface area (Å²) in [6, 6.07) is 11.8. The monoisotopic (exact) mass is 529 g/mol. The van der Waals surface area contributed by atoms with Gasteiger partial charge in [0.05, 0.1) is 32.9 Å². The predicted molar refractivity (Wildman–Crippen MR) is 146 cm³/mol. The van der Waals surface area contributed by atoms with E-state index in [0.29, 0.717) is 44.6 Å². The zero-order valence-corrected chi connectivity index (χ0v) is 21.9. The largest absolute Gasteiger partial charge is 0.378 e. The van der Waals surface area contributed by atoms with E-state index in [1.54, 1.807) is 45.0 Å². The van der Waals surface area contributed by atoms with Crippen LogP contribution in [0.25, 0.3) is 10.9 Å². The fourth-order valence-corrected chi connectivity index (χ4v) is 4.43. The molecule has 38 heavy (non-hydrogen) atoms. The molecule has 1 amide bonds. The van der Waals surface area contributed by atoms with E-state index in [0.717, 1.165) is 12.8 Å². The highest BCUT2D eigenvalue weighted by Gasteiger charge is 2.38. The van der Waals surface area contributed by atoms with Crippen molar-refractivity contribution in [3.8, 4) is 6.07 Å². The van der Waals surface area contributed by atoms with Crippen molar-refractivity contribution in [2.75, 3.05) is 10.6 Å². The average molecular weight is 530 g/mol. The Morgan fingerprint density at radius 3 is 2.61 bits per heavy atom. The summed E-state index contributed by atoms with van der Waals surface area (Å²) in [5.41, 5.74) is 6.88.